The molecule has 0 aliphatic heterocycles. The Labute approximate surface area is 92.0 Å². The van der Waals surface area contributed by atoms with Crippen LogP contribution in [0.25, 0.3) is 0 Å². The third kappa shape index (κ3) is 2.91. The van der Waals surface area contributed by atoms with E-state index < -0.39 is 17.7 Å². The number of rotatable bonds is 3. The molecule has 0 aliphatic carbocycles. The van der Waals surface area contributed by atoms with Gasteiger partial charge in [-0.25, -0.2) is 9.59 Å². The van der Waals surface area contributed by atoms with Crippen LogP contribution in [0.3, 0.4) is 0 Å². The number of methoxy groups -OCH3 is 1. The molecular weight excluding hydrogens is 212 g/mol. The third-order valence-electron chi connectivity index (χ3n) is 1.80. The van der Waals surface area contributed by atoms with Crippen LogP contribution in [0.15, 0.2) is 24.3 Å². The molecule has 0 spiro atoms. The van der Waals surface area contributed by atoms with Crippen LogP contribution in [0.1, 0.15) is 17.3 Å². The molecule has 0 aliphatic rings. The monoisotopic (exact) mass is 222 g/mol. The molecule has 0 saturated carbocycles. The number of esters is 2. The fraction of sp³-hybridized carbons (Fsp3) is 0.182. The van der Waals surface area contributed by atoms with Crippen LogP contribution in [0.2, 0.25) is 0 Å². The van der Waals surface area contributed by atoms with Crippen molar-refractivity contribution in [3.8, 4) is 5.75 Å². The molecule has 1 aromatic rings. The summed E-state index contributed by atoms with van der Waals surface area (Å²) >= 11 is 0. The van der Waals surface area contributed by atoms with Gasteiger partial charge in [0.05, 0.1) is 12.7 Å². The van der Waals surface area contributed by atoms with E-state index in [-0.39, 0.29) is 5.56 Å². The molecule has 0 atom stereocenters. The summed E-state index contributed by atoms with van der Waals surface area (Å²) in [5, 5.41) is 0. The average molecular weight is 222 g/mol. The van der Waals surface area contributed by atoms with Crippen LogP contribution in [-0.4, -0.2) is 24.8 Å². The molecule has 0 unspecified atom stereocenters. The van der Waals surface area contributed by atoms with Gasteiger partial charge in [-0.15, -0.1) is 0 Å². The highest BCUT2D eigenvalue weighted by Crippen LogP contribution is 2.12. The molecule has 1 rings (SSSR count). The standard InChI is InChI=1S/C11H10O5/c1-7(12)10(13)16-11(14)8-3-5-9(15-2)6-4-8/h3-6H,1-2H3. The molecule has 0 aromatic heterocycles. The number of carbonyl (C=O) groups is 3. The first-order chi connectivity index (χ1) is 7.54. The van der Waals surface area contributed by atoms with Crippen molar-refractivity contribution in [3.63, 3.8) is 0 Å². The number of Topliss-reactive ketones (excluding diaryl/α,β-unsaturated/α-hetero) is 1. The summed E-state index contributed by atoms with van der Waals surface area (Å²) in [5.74, 6) is -2.26. The highest BCUT2D eigenvalue weighted by molar-refractivity contribution is 6.34. The van der Waals surface area contributed by atoms with Crippen molar-refractivity contribution >= 4 is 17.7 Å². The average Bonchev–Trinajstić information content (AvgIpc) is 2.28. The summed E-state index contributed by atoms with van der Waals surface area (Å²) in [6.45, 7) is 1.03. The molecule has 1 aromatic carbocycles. The van der Waals surface area contributed by atoms with Crippen LogP contribution < -0.4 is 4.74 Å². The Morgan fingerprint density at radius 2 is 1.62 bits per heavy atom. The molecule has 0 saturated heterocycles. The van der Waals surface area contributed by atoms with Crippen molar-refractivity contribution in [2.75, 3.05) is 7.11 Å². The van der Waals surface area contributed by atoms with E-state index in [0.717, 1.165) is 6.92 Å². The number of carbonyl (C=O) groups excluding carboxylic acids is 3. The number of benzene rings is 1. The quantitative estimate of drug-likeness (QED) is 0.433. The minimum Gasteiger partial charge on any atom is -0.497 e. The largest absolute Gasteiger partial charge is 0.497 e. The first kappa shape index (κ1) is 11.9. The van der Waals surface area contributed by atoms with Gasteiger partial charge in [-0.2, -0.15) is 0 Å². The van der Waals surface area contributed by atoms with Crippen LogP contribution >= 0.6 is 0 Å². The van der Waals surface area contributed by atoms with Crippen LogP contribution in [-0.2, 0) is 14.3 Å². The molecule has 0 amide bonds. The minimum absolute atomic E-state index is 0.176. The van der Waals surface area contributed by atoms with Crippen molar-refractivity contribution in [1.29, 1.82) is 0 Å². The lowest BCUT2D eigenvalue weighted by molar-refractivity contribution is -0.148. The van der Waals surface area contributed by atoms with Crippen LogP contribution in [0.5, 0.6) is 5.75 Å². The van der Waals surface area contributed by atoms with Gasteiger partial charge in [0.1, 0.15) is 5.75 Å². The van der Waals surface area contributed by atoms with Crippen molar-refractivity contribution in [2.45, 2.75) is 6.92 Å². The summed E-state index contributed by atoms with van der Waals surface area (Å²) in [6.07, 6.45) is 0. The maximum Gasteiger partial charge on any atom is 0.382 e. The smallest absolute Gasteiger partial charge is 0.382 e. The molecule has 0 bridgehead atoms. The maximum absolute atomic E-state index is 11.3. The highest BCUT2D eigenvalue weighted by atomic mass is 16.6. The van der Waals surface area contributed by atoms with E-state index in [1.165, 1.54) is 19.2 Å². The van der Waals surface area contributed by atoms with E-state index in [2.05, 4.69) is 4.74 Å². The lowest BCUT2D eigenvalue weighted by atomic mass is 10.2. The number of ether oxygens (including phenoxy) is 2. The second kappa shape index (κ2) is 5.06. The number of ketones is 1. The zero-order valence-electron chi connectivity index (χ0n) is 8.85. The van der Waals surface area contributed by atoms with Gasteiger partial charge in [-0.3, -0.25) is 4.79 Å². The first-order valence-corrected chi connectivity index (χ1v) is 4.45. The van der Waals surface area contributed by atoms with Crippen LogP contribution in [0, 0.1) is 0 Å². The lowest BCUT2D eigenvalue weighted by Crippen LogP contribution is -2.18. The maximum atomic E-state index is 11.3. The van der Waals surface area contributed by atoms with E-state index in [1.54, 1.807) is 12.1 Å². The molecular formula is C11H10O5. The molecule has 0 radical (unpaired) electrons. The van der Waals surface area contributed by atoms with Crippen molar-refractivity contribution in [2.24, 2.45) is 0 Å². The van der Waals surface area contributed by atoms with Gasteiger partial charge in [0, 0.05) is 6.92 Å². The predicted molar refractivity (Wildman–Crippen MR) is 54.1 cm³/mol. The third-order valence-corrected chi connectivity index (χ3v) is 1.80. The summed E-state index contributed by atoms with van der Waals surface area (Å²) in [6, 6.07) is 5.98. The fourth-order valence-corrected chi connectivity index (χ4v) is 0.942. The fourth-order valence-electron chi connectivity index (χ4n) is 0.942. The molecule has 5 nitrogen and oxygen atoms in total. The zero-order chi connectivity index (χ0) is 12.1. The Morgan fingerprint density at radius 3 is 2.06 bits per heavy atom. The molecule has 16 heavy (non-hydrogen) atoms. The SMILES string of the molecule is COc1ccc(C(=O)OC(=O)C(C)=O)cc1. The second-order valence-corrected chi connectivity index (χ2v) is 2.96. The van der Waals surface area contributed by atoms with E-state index in [0.29, 0.717) is 5.75 Å². The van der Waals surface area contributed by atoms with Crippen molar-refractivity contribution in [3.05, 3.63) is 29.8 Å². The van der Waals surface area contributed by atoms with Gasteiger partial charge in [-0.05, 0) is 24.3 Å². The summed E-state index contributed by atoms with van der Waals surface area (Å²) in [5.41, 5.74) is 0.176. The summed E-state index contributed by atoms with van der Waals surface area (Å²) < 4.78 is 9.20. The normalized spacial score (nSPS) is 9.38. The Bertz CT molecular complexity index is 419. The van der Waals surface area contributed by atoms with Gasteiger partial charge in [0.2, 0.25) is 5.78 Å². The number of hydrogen-bond donors (Lipinski definition) is 0. The molecule has 0 fully saturated rings. The topological polar surface area (TPSA) is 69.7 Å². The second-order valence-electron chi connectivity index (χ2n) is 2.96. The predicted octanol–water partition coefficient (Wildman–Crippen LogP) is 0.968. The number of hydrogen-bond acceptors (Lipinski definition) is 5. The Hall–Kier alpha value is -2.17. The van der Waals surface area contributed by atoms with Gasteiger partial charge in [0.15, 0.2) is 0 Å². The Balaban J connectivity index is 2.73. The Morgan fingerprint density at radius 1 is 1.06 bits per heavy atom. The summed E-state index contributed by atoms with van der Waals surface area (Å²) in [4.78, 5) is 32.7. The molecule has 0 N–H and O–H groups in total. The summed E-state index contributed by atoms with van der Waals surface area (Å²) in [7, 11) is 1.49. The minimum atomic E-state index is -1.17. The van der Waals surface area contributed by atoms with Gasteiger partial charge in [0.25, 0.3) is 0 Å². The van der Waals surface area contributed by atoms with Gasteiger partial charge >= 0.3 is 11.9 Å². The van der Waals surface area contributed by atoms with E-state index in [4.69, 9.17) is 4.74 Å². The van der Waals surface area contributed by atoms with Crippen molar-refractivity contribution < 1.29 is 23.9 Å². The molecule has 0 heterocycles. The van der Waals surface area contributed by atoms with Crippen LogP contribution in [0.4, 0.5) is 0 Å². The molecule has 84 valence electrons. The van der Waals surface area contributed by atoms with Gasteiger partial charge in [-0.1, -0.05) is 0 Å². The van der Waals surface area contributed by atoms with E-state index in [9.17, 15) is 14.4 Å². The highest BCUT2D eigenvalue weighted by Gasteiger charge is 2.16. The zero-order valence-corrected chi connectivity index (χ0v) is 8.85. The lowest BCUT2D eigenvalue weighted by Gasteiger charge is -2.02. The van der Waals surface area contributed by atoms with Gasteiger partial charge < -0.3 is 9.47 Å². The first-order valence-electron chi connectivity index (χ1n) is 4.45. The molecule has 5 heteroatoms. The van der Waals surface area contributed by atoms with Crippen molar-refractivity contribution in [1.82, 2.24) is 0 Å². The van der Waals surface area contributed by atoms with E-state index in [1.807, 2.05) is 0 Å². The Kier molecular flexibility index (Phi) is 3.77. The van der Waals surface area contributed by atoms with E-state index >= 15 is 0 Å².